The van der Waals surface area contributed by atoms with Crippen molar-refractivity contribution in [3.8, 4) is 11.8 Å². The number of anilines is 2. The third kappa shape index (κ3) is 5.50. The van der Waals surface area contributed by atoms with Gasteiger partial charge in [0.1, 0.15) is 17.6 Å². The highest BCUT2D eigenvalue weighted by molar-refractivity contribution is 6.30. The Balaban J connectivity index is 1.57. The fourth-order valence-corrected chi connectivity index (χ4v) is 2.82. The number of amides is 2. The van der Waals surface area contributed by atoms with Gasteiger partial charge in [0.05, 0.1) is 17.7 Å². The SMILES string of the molecule is CCOc1ccc2nc(NCCNC(=O)Nc3ccc(Cl)cc3)c(C#N)cc2c1. The maximum Gasteiger partial charge on any atom is 0.319 e. The van der Waals surface area contributed by atoms with Crippen LogP contribution in [0.2, 0.25) is 5.02 Å². The van der Waals surface area contributed by atoms with Crippen molar-refractivity contribution in [1.29, 1.82) is 5.26 Å². The molecule has 0 fully saturated rings. The van der Waals surface area contributed by atoms with Crippen molar-refractivity contribution in [2.24, 2.45) is 0 Å². The Morgan fingerprint density at radius 2 is 1.97 bits per heavy atom. The van der Waals surface area contributed by atoms with Gasteiger partial charge in [0.2, 0.25) is 0 Å². The highest BCUT2D eigenvalue weighted by Gasteiger charge is 2.08. The first kappa shape index (κ1) is 20.2. The van der Waals surface area contributed by atoms with Gasteiger partial charge in [-0.05, 0) is 55.5 Å². The second-order valence-electron chi connectivity index (χ2n) is 6.10. The molecule has 2 aromatic carbocycles. The Labute approximate surface area is 173 Å². The van der Waals surface area contributed by atoms with Crippen molar-refractivity contribution in [3.05, 3.63) is 59.1 Å². The highest BCUT2D eigenvalue weighted by atomic mass is 35.5. The third-order valence-corrected chi connectivity index (χ3v) is 4.27. The van der Waals surface area contributed by atoms with Crippen molar-refractivity contribution in [2.45, 2.75) is 6.92 Å². The molecule has 0 radical (unpaired) electrons. The van der Waals surface area contributed by atoms with Crippen LogP contribution in [0.25, 0.3) is 10.9 Å². The summed E-state index contributed by atoms with van der Waals surface area (Å²) in [5, 5.41) is 19.4. The number of nitrogens with one attached hydrogen (secondary N) is 3. The molecule has 0 saturated heterocycles. The summed E-state index contributed by atoms with van der Waals surface area (Å²) in [6.07, 6.45) is 0. The van der Waals surface area contributed by atoms with Crippen LogP contribution in [-0.4, -0.2) is 30.7 Å². The smallest absolute Gasteiger partial charge is 0.319 e. The Kier molecular flexibility index (Phi) is 6.72. The van der Waals surface area contributed by atoms with E-state index in [1.54, 1.807) is 30.3 Å². The standard InChI is InChI=1S/C21H20ClN5O2/c1-2-29-18-7-8-19-14(12-18)11-15(13-23)20(27-19)24-9-10-25-21(28)26-17-5-3-16(22)4-6-17/h3-8,11-12H,2,9-10H2,1H3,(H,24,27)(H2,25,26,28). The van der Waals surface area contributed by atoms with Crippen LogP contribution in [0.3, 0.4) is 0 Å². The van der Waals surface area contributed by atoms with E-state index >= 15 is 0 Å². The second kappa shape index (κ2) is 9.62. The molecule has 1 aromatic heterocycles. The number of halogens is 1. The van der Waals surface area contributed by atoms with E-state index in [1.165, 1.54) is 0 Å². The molecule has 0 unspecified atom stereocenters. The molecule has 1 heterocycles. The molecule has 0 saturated carbocycles. The molecule has 8 heteroatoms. The zero-order chi connectivity index (χ0) is 20.6. The number of nitriles is 1. The second-order valence-corrected chi connectivity index (χ2v) is 6.53. The number of benzene rings is 2. The first-order valence-electron chi connectivity index (χ1n) is 9.11. The summed E-state index contributed by atoms with van der Waals surface area (Å²) >= 11 is 5.82. The molecule has 3 aromatic rings. The molecule has 7 nitrogen and oxygen atoms in total. The lowest BCUT2D eigenvalue weighted by Crippen LogP contribution is -2.32. The molecular weight excluding hydrogens is 390 g/mol. The zero-order valence-electron chi connectivity index (χ0n) is 15.8. The van der Waals surface area contributed by atoms with Crippen molar-refractivity contribution in [3.63, 3.8) is 0 Å². The number of hydrogen-bond acceptors (Lipinski definition) is 5. The van der Waals surface area contributed by atoms with E-state index in [9.17, 15) is 10.1 Å². The molecule has 29 heavy (non-hydrogen) atoms. The Hall–Kier alpha value is -3.50. The van der Waals surface area contributed by atoms with E-state index in [4.69, 9.17) is 16.3 Å². The molecule has 148 valence electrons. The molecule has 0 aliphatic rings. The quantitative estimate of drug-likeness (QED) is 0.502. The largest absolute Gasteiger partial charge is 0.494 e. The number of nitrogens with zero attached hydrogens (tertiary/aromatic N) is 2. The summed E-state index contributed by atoms with van der Waals surface area (Å²) in [5.41, 5.74) is 1.83. The van der Waals surface area contributed by atoms with Crippen LogP contribution in [0.1, 0.15) is 12.5 Å². The van der Waals surface area contributed by atoms with Crippen LogP contribution in [0.15, 0.2) is 48.5 Å². The minimum Gasteiger partial charge on any atom is -0.494 e. The van der Waals surface area contributed by atoms with Gasteiger partial charge in [0.25, 0.3) is 0 Å². The van der Waals surface area contributed by atoms with Crippen LogP contribution in [0, 0.1) is 11.3 Å². The molecular formula is C21H20ClN5O2. The molecule has 0 bridgehead atoms. The predicted octanol–water partition coefficient (Wildman–Crippen LogP) is 4.39. The number of hydrogen-bond donors (Lipinski definition) is 3. The summed E-state index contributed by atoms with van der Waals surface area (Å²) < 4.78 is 5.49. The average Bonchev–Trinajstić information content (AvgIpc) is 2.72. The summed E-state index contributed by atoms with van der Waals surface area (Å²) in [5.74, 6) is 1.21. The van der Waals surface area contributed by atoms with E-state index in [1.807, 2.05) is 25.1 Å². The van der Waals surface area contributed by atoms with E-state index < -0.39 is 0 Å². The van der Waals surface area contributed by atoms with Gasteiger partial charge in [-0.15, -0.1) is 0 Å². The molecule has 2 amide bonds. The van der Waals surface area contributed by atoms with Gasteiger partial charge >= 0.3 is 6.03 Å². The summed E-state index contributed by atoms with van der Waals surface area (Å²) in [6, 6.07) is 16.0. The van der Waals surface area contributed by atoms with Crippen molar-refractivity contribution in [1.82, 2.24) is 10.3 Å². The maximum atomic E-state index is 11.9. The molecule has 0 spiro atoms. The molecule has 3 N–H and O–H groups in total. The fourth-order valence-electron chi connectivity index (χ4n) is 2.70. The first-order valence-corrected chi connectivity index (χ1v) is 9.49. The Morgan fingerprint density at radius 3 is 2.69 bits per heavy atom. The van der Waals surface area contributed by atoms with Crippen LogP contribution < -0.4 is 20.7 Å². The topological polar surface area (TPSA) is 99.1 Å². The van der Waals surface area contributed by atoms with Crippen LogP contribution in [0.4, 0.5) is 16.3 Å². The lowest BCUT2D eigenvalue weighted by atomic mass is 10.1. The predicted molar refractivity (Wildman–Crippen MR) is 115 cm³/mol. The normalized spacial score (nSPS) is 10.2. The number of pyridine rings is 1. The molecule has 0 aliphatic carbocycles. The molecule has 0 atom stereocenters. The lowest BCUT2D eigenvalue weighted by Gasteiger charge is -2.11. The number of rotatable bonds is 7. The number of carbonyl (C=O) groups excluding carboxylic acids is 1. The summed E-state index contributed by atoms with van der Waals surface area (Å²) in [6.45, 7) is 3.26. The van der Waals surface area contributed by atoms with Crippen molar-refractivity contribution >= 4 is 40.0 Å². The molecule has 3 rings (SSSR count). The fraction of sp³-hybridized carbons (Fsp3) is 0.190. The van der Waals surface area contributed by atoms with E-state index in [-0.39, 0.29) is 6.03 Å². The lowest BCUT2D eigenvalue weighted by molar-refractivity contribution is 0.252. The minimum atomic E-state index is -0.329. The van der Waals surface area contributed by atoms with Crippen LogP contribution >= 0.6 is 11.6 Å². The number of aromatic nitrogens is 1. The number of fused-ring (bicyclic) bond motifs is 1. The number of urea groups is 1. The van der Waals surface area contributed by atoms with E-state index in [0.29, 0.717) is 41.8 Å². The number of carbonyl (C=O) groups is 1. The van der Waals surface area contributed by atoms with E-state index in [0.717, 1.165) is 16.7 Å². The van der Waals surface area contributed by atoms with Gasteiger partial charge in [-0.3, -0.25) is 0 Å². The van der Waals surface area contributed by atoms with E-state index in [2.05, 4.69) is 27.0 Å². The van der Waals surface area contributed by atoms with Crippen molar-refractivity contribution in [2.75, 3.05) is 30.3 Å². The van der Waals surface area contributed by atoms with Crippen LogP contribution in [-0.2, 0) is 0 Å². The first-order chi connectivity index (χ1) is 14.1. The van der Waals surface area contributed by atoms with Gasteiger partial charge in [0, 0.05) is 29.2 Å². The van der Waals surface area contributed by atoms with Gasteiger partial charge in [-0.1, -0.05) is 11.6 Å². The van der Waals surface area contributed by atoms with Gasteiger partial charge in [-0.25, -0.2) is 9.78 Å². The Morgan fingerprint density at radius 1 is 1.17 bits per heavy atom. The third-order valence-electron chi connectivity index (χ3n) is 4.02. The zero-order valence-corrected chi connectivity index (χ0v) is 16.6. The van der Waals surface area contributed by atoms with Gasteiger partial charge in [0.15, 0.2) is 0 Å². The van der Waals surface area contributed by atoms with Gasteiger partial charge in [-0.2, -0.15) is 5.26 Å². The maximum absolute atomic E-state index is 11.9. The minimum absolute atomic E-state index is 0.329. The number of ether oxygens (including phenoxy) is 1. The van der Waals surface area contributed by atoms with Crippen LogP contribution in [0.5, 0.6) is 5.75 Å². The summed E-state index contributed by atoms with van der Waals surface area (Å²) in [7, 11) is 0. The highest BCUT2D eigenvalue weighted by Crippen LogP contribution is 2.24. The van der Waals surface area contributed by atoms with Crippen molar-refractivity contribution < 1.29 is 9.53 Å². The van der Waals surface area contributed by atoms with Gasteiger partial charge < -0.3 is 20.7 Å². The summed E-state index contributed by atoms with van der Waals surface area (Å²) in [4.78, 5) is 16.4. The molecule has 0 aliphatic heterocycles. The monoisotopic (exact) mass is 409 g/mol. The average molecular weight is 410 g/mol. The Bertz CT molecular complexity index is 1050.